The van der Waals surface area contributed by atoms with Crippen molar-refractivity contribution in [3.05, 3.63) is 34.9 Å². The average molecular weight is 401 g/mol. The van der Waals surface area contributed by atoms with E-state index in [0.717, 1.165) is 44.5 Å². The van der Waals surface area contributed by atoms with Crippen LogP contribution < -0.4 is 11.1 Å². The molecule has 1 unspecified atom stereocenters. The molecule has 1 aromatic rings. The third-order valence-corrected chi connectivity index (χ3v) is 5.85. The zero-order chi connectivity index (χ0) is 21.0. The maximum atomic E-state index is 12.8. The summed E-state index contributed by atoms with van der Waals surface area (Å²) < 4.78 is 0. The first-order valence-electron chi connectivity index (χ1n) is 10.6. The fraction of sp³-hybridized carbons (Fsp3) is 0.591. The second-order valence-electron chi connectivity index (χ2n) is 8.31. The molecule has 0 aromatic heterocycles. The van der Waals surface area contributed by atoms with Gasteiger partial charge in [0.25, 0.3) is 5.91 Å². The van der Waals surface area contributed by atoms with Crippen LogP contribution in [-0.2, 0) is 22.7 Å². The molecule has 158 valence electrons. The number of imide groups is 1. The number of unbranched alkanes of at least 4 members (excludes halogenated alkanes) is 2. The van der Waals surface area contributed by atoms with Crippen LogP contribution in [0.25, 0.3) is 0 Å². The maximum absolute atomic E-state index is 12.8. The number of carbonyl (C=O) groups is 3. The average Bonchev–Trinajstić information content (AvgIpc) is 3.00. The Bertz CT molecular complexity index is 777. The van der Waals surface area contributed by atoms with Gasteiger partial charge in [-0.2, -0.15) is 0 Å². The van der Waals surface area contributed by atoms with Crippen LogP contribution in [0, 0.1) is 0 Å². The molecular weight excluding hydrogens is 368 g/mol. The third-order valence-electron chi connectivity index (χ3n) is 5.85. The number of fused-ring (bicyclic) bond motifs is 1. The first-order valence-corrected chi connectivity index (χ1v) is 10.6. The predicted octanol–water partition coefficient (Wildman–Crippen LogP) is 1.79. The van der Waals surface area contributed by atoms with Crippen molar-refractivity contribution < 1.29 is 14.4 Å². The Morgan fingerprint density at radius 3 is 2.69 bits per heavy atom. The van der Waals surface area contributed by atoms with Crippen LogP contribution in [-0.4, -0.2) is 52.7 Å². The van der Waals surface area contributed by atoms with Crippen LogP contribution in [0.15, 0.2) is 18.2 Å². The van der Waals surface area contributed by atoms with E-state index in [0.29, 0.717) is 24.6 Å². The molecule has 3 amide bonds. The van der Waals surface area contributed by atoms with Crippen LogP contribution in [0.2, 0.25) is 0 Å². The van der Waals surface area contributed by atoms with Gasteiger partial charge in [-0.3, -0.25) is 24.6 Å². The normalized spacial score (nSPS) is 19.3. The Hall–Kier alpha value is -2.25. The Morgan fingerprint density at radius 1 is 1.21 bits per heavy atom. The van der Waals surface area contributed by atoms with E-state index in [-0.39, 0.29) is 24.1 Å². The number of nitrogens with two attached hydrogens (primary N) is 1. The van der Waals surface area contributed by atoms with E-state index in [1.54, 1.807) is 4.90 Å². The highest BCUT2D eigenvalue weighted by Crippen LogP contribution is 2.28. The lowest BCUT2D eigenvalue weighted by atomic mass is 10.0. The minimum absolute atomic E-state index is 0.122. The van der Waals surface area contributed by atoms with Crippen molar-refractivity contribution in [1.29, 1.82) is 0 Å². The van der Waals surface area contributed by atoms with Gasteiger partial charge in [0.1, 0.15) is 6.04 Å². The maximum Gasteiger partial charge on any atom is 0.255 e. The summed E-state index contributed by atoms with van der Waals surface area (Å²) in [7, 11) is 0. The van der Waals surface area contributed by atoms with E-state index in [9.17, 15) is 14.4 Å². The van der Waals surface area contributed by atoms with Crippen molar-refractivity contribution in [2.24, 2.45) is 5.73 Å². The van der Waals surface area contributed by atoms with Crippen LogP contribution in [0.1, 0.15) is 67.4 Å². The van der Waals surface area contributed by atoms with Crippen LogP contribution in [0.4, 0.5) is 0 Å². The van der Waals surface area contributed by atoms with Gasteiger partial charge < -0.3 is 10.6 Å². The summed E-state index contributed by atoms with van der Waals surface area (Å²) in [6, 6.07) is 5.86. The molecule has 1 atom stereocenters. The number of benzene rings is 1. The van der Waals surface area contributed by atoms with E-state index < -0.39 is 6.04 Å². The van der Waals surface area contributed by atoms with Crippen LogP contribution in [0.3, 0.4) is 0 Å². The van der Waals surface area contributed by atoms with E-state index in [1.165, 1.54) is 5.56 Å². The molecule has 0 bridgehead atoms. The van der Waals surface area contributed by atoms with Gasteiger partial charge in [0.05, 0.1) is 0 Å². The van der Waals surface area contributed by atoms with Gasteiger partial charge in [0.15, 0.2) is 0 Å². The number of nitrogens with one attached hydrogen (secondary N) is 1. The highest BCUT2D eigenvalue weighted by molar-refractivity contribution is 6.05. The van der Waals surface area contributed by atoms with Gasteiger partial charge in [0.2, 0.25) is 11.8 Å². The summed E-state index contributed by atoms with van der Waals surface area (Å²) in [5.41, 5.74) is 8.39. The number of rotatable bonds is 9. The topological polar surface area (TPSA) is 95.7 Å². The van der Waals surface area contributed by atoms with Crippen molar-refractivity contribution in [1.82, 2.24) is 15.1 Å². The second-order valence-corrected chi connectivity index (χ2v) is 8.31. The largest absolute Gasteiger partial charge is 0.330 e. The molecule has 3 rings (SSSR count). The Morgan fingerprint density at radius 2 is 2.00 bits per heavy atom. The zero-order valence-electron chi connectivity index (χ0n) is 17.4. The Labute approximate surface area is 172 Å². The van der Waals surface area contributed by atoms with E-state index in [2.05, 4.69) is 30.1 Å². The van der Waals surface area contributed by atoms with Gasteiger partial charge in [-0.25, -0.2) is 0 Å². The molecule has 1 saturated heterocycles. The number of nitrogens with zero attached hydrogens (tertiary/aromatic N) is 2. The quantitative estimate of drug-likeness (QED) is 0.487. The molecule has 2 aliphatic heterocycles. The summed E-state index contributed by atoms with van der Waals surface area (Å²) >= 11 is 0. The summed E-state index contributed by atoms with van der Waals surface area (Å²) in [6.45, 7) is 7.42. The number of piperidine rings is 1. The van der Waals surface area contributed by atoms with Crippen molar-refractivity contribution in [2.75, 3.05) is 13.1 Å². The fourth-order valence-electron chi connectivity index (χ4n) is 4.12. The first kappa shape index (κ1) is 21.5. The minimum Gasteiger partial charge on any atom is -0.330 e. The lowest BCUT2D eigenvalue weighted by Crippen LogP contribution is -2.52. The number of hydrogen-bond acceptors (Lipinski definition) is 5. The molecule has 1 aromatic carbocycles. The smallest absolute Gasteiger partial charge is 0.255 e. The third kappa shape index (κ3) is 5.03. The van der Waals surface area contributed by atoms with Gasteiger partial charge in [0, 0.05) is 31.1 Å². The zero-order valence-corrected chi connectivity index (χ0v) is 17.4. The minimum atomic E-state index is -0.564. The van der Waals surface area contributed by atoms with Crippen molar-refractivity contribution in [3.8, 4) is 0 Å². The summed E-state index contributed by atoms with van der Waals surface area (Å²) in [5, 5.41) is 2.35. The Kier molecular flexibility index (Phi) is 7.03. The monoisotopic (exact) mass is 400 g/mol. The van der Waals surface area contributed by atoms with Gasteiger partial charge in [-0.15, -0.1) is 0 Å². The molecule has 0 spiro atoms. The summed E-state index contributed by atoms with van der Waals surface area (Å²) in [5.74, 6) is -0.757. The van der Waals surface area contributed by atoms with E-state index >= 15 is 0 Å². The highest BCUT2D eigenvalue weighted by Gasteiger charge is 2.39. The SMILES string of the molecule is CC(C)N(CCCCCN)Cc1ccc2c(c1)CN(C1CCC(=O)NC1=O)C2=O. The lowest BCUT2D eigenvalue weighted by Gasteiger charge is -2.29. The van der Waals surface area contributed by atoms with Crippen LogP contribution >= 0.6 is 0 Å². The summed E-state index contributed by atoms with van der Waals surface area (Å²) in [6.07, 6.45) is 3.99. The van der Waals surface area contributed by atoms with Crippen molar-refractivity contribution in [3.63, 3.8) is 0 Å². The van der Waals surface area contributed by atoms with Gasteiger partial charge in [-0.05, 0) is 63.4 Å². The molecule has 7 nitrogen and oxygen atoms in total. The molecule has 2 aliphatic rings. The van der Waals surface area contributed by atoms with Crippen molar-refractivity contribution >= 4 is 17.7 Å². The molecule has 29 heavy (non-hydrogen) atoms. The molecule has 1 fully saturated rings. The van der Waals surface area contributed by atoms with E-state index in [1.807, 2.05) is 12.1 Å². The molecule has 7 heteroatoms. The first-order chi connectivity index (χ1) is 13.9. The molecular formula is C22H32N4O3. The summed E-state index contributed by atoms with van der Waals surface area (Å²) in [4.78, 5) is 40.4. The molecule has 0 aliphatic carbocycles. The number of amides is 3. The molecule has 0 radical (unpaired) electrons. The molecule has 0 saturated carbocycles. The standard InChI is InChI=1S/C22H32N4O3/c1-15(2)25(11-5-3-4-10-23)13-16-6-7-18-17(12-16)14-26(22(18)29)19-8-9-20(27)24-21(19)28/h6-7,12,15,19H,3-5,8-11,13-14,23H2,1-2H3,(H,24,27,28). The van der Waals surface area contributed by atoms with Gasteiger partial charge in [-0.1, -0.05) is 18.6 Å². The lowest BCUT2D eigenvalue weighted by molar-refractivity contribution is -0.136. The molecule has 2 heterocycles. The number of carbonyl (C=O) groups excluding carboxylic acids is 3. The fourth-order valence-corrected chi connectivity index (χ4v) is 4.12. The van der Waals surface area contributed by atoms with Crippen molar-refractivity contribution in [2.45, 2.75) is 71.1 Å². The van der Waals surface area contributed by atoms with Gasteiger partial charge >= 0.3 is 0 Å². The Balaban J connectivity index is 1.67. The second kappa shape index (κ2) is 9.50. The highest BCUT2D eigenvalue weighted by atomic mass is 16.2. The van der Waals surface area contributed by atoms with Crippen LogP contribution in [0.5, 0.6) is 0 Å². The predicted molar refractivity (Wildman–Crippen MR) is 111 cm³/mol. The number of hydrogen-bond donors (Lipinski definition) is 2. The van der Waals surface area contributed by atoms with E-state index in [4.69, 9.17) is 5.73 Å². The molecule has 3 N–H and O–H groups in total.